The zero-order valence-corrected chi connectivity index (χ0v) is 11.9. The molecule has 0 amide bonds. The van der Waals surface area contributed by atoms with Gasteiger partial charge in [0, 0.05) is 12.1 Å². The van der Waals surface area contributed by atoms with Crippen molar-refractivity contribution in [1.82, 2.24) is 9.55 Å². The number of imidazole rings is 1. The van der Waals surface area contributed by atoms with Crippen LogP contribution >= 0.6 is 0 Å². The number of para-hydroxylation sites is 2. The van der Waals surface area contributed by atoms with Crippen molar-refractivity contribution >= 4 is 22.9 Å². The number of carbonyl (C=O) groups is 1. The lowest BCUT2D eigenvalue weighted by Crippen LogP contribution is -1.98. The van der Waals surface area contributed by atoms with Crippen LogP contribution in [0.3, 0.4) is 0 Å². The third-order valence-electron chi connectivity index (χ3n) is 3.44. The summed E-state index contributed by atoms with van der Waals surface area (Å²) in [5, 5.41) is 0. The Morgan fingerprint density at radius 1 is 1.10 bits per heavy atom. The van der Waals surface area contributed by atoms with Gasteiger partial charge in [0.15, 0.2) is 5.78 Å². The average Bonchev–Trinajstić information content (AvgIpc) is 2.91. The maximum Gasteiger partial charge on any atom is 0.185 e. The lowest BCUT2D eigenvalue weighted by atomic mass is 10.1. The quantitative estimate of drug-likeness (QED) is 0.534. The van der Waals surface area contributed by atoms with Gasteiger partial charge in [-0.05, 0) is 31.2 Å². The second-order valence-electron chi connectivity index (χ2n) is 4.77. The van der Waals surface area contributed by atoms with Gasteiger partial charge in [0.25, 0.3) is 0 Å². The Kier molecular flexibility index (Phi) is 3.65. The fourth-order valence-corrected chi connectivity index (χ4v) is 2.40. The zero-order valence-electron chi connectivity index (χ0n) is 11.9. The van der Waals surface area contributed by atoms with Crippen molar-refractivity contribution in [3.8, 4) is 0 Å². The number of allylic oxidation sites excluding steroid dienone is 1. The fraction of sp³-hybridized carbons (Fsp3) is 0.111. The highest BCUT2D eigenvalue weighted by molar-refractivity contribution is 6.06. The maximum absolute atomic E-state index is 12.1. The summed E-state index contributed by atoms with van der Waals surface area (Å²) in [5.41, 5.74) is 2.73. The molecule has 0 aliphatic heterocycles. The molecule has 0 N–H and O–H groups in total. The van der Waals surface area contributed by atoms with Crippen molar-refractivity contribution in [2.24, 2.45) is 0 Å². The summed E-state index contributed by atoms with van der Waals surface area (Å²) in [7, 11) is 0. The SMILES string of the molecule is CCn1c(/C=C/C(=O)c2ccccc2)nc2ccccc21. The monoisotopic (exact) mass is 276 g/mol. The molecule has 3 nitrogen and oxygen atoms in total. The van der Waals surface area contributed by atoms with Crippen molar-refractivity contribution in [1.29, 1.82) is 0 Å². The highest BCUT2D eigenvalue weighted by atomic mass is 16.1. The molecular weight excluding hydrogens is 260 g/mol. The van der Waals surface area contributed by atoms with Gasteiger partial charge in [-0.1, -0.05) is 42.5 Å². The molecule has 3 rings (SSSR count). The maximum atomic E-state index is 12.1. The highest BCUT2D eigenvalue weighted by Crippen LogP contribution is 2.17. The van der Waals surface area contributed by atoms with E-state index in [1.807, 2.05) is 54.6 Å². The van der Waals surface area contributed by atoms with Crippen LogP contribution in [0.2, 0.25) is 0 Å². The zero-order chi connectivity index (χ0) is 14.7. The van der Waals surface area contributed by atoms with Crippen molar-refractivity contribution in [3.05, 3.63) is 72.1 Å². The number of rotatable bonds is 4. The summed E-state index contributed by atoms with van der Waals surface area (Å²) in [5.74, 6) is 0.799. The van der Waals surface area contributed by atoms with Crippen LogP contribution < -0.4 is 0 Å². The minimum Gasteiger partial charge on any atom is -0.325 e. The molecule has 0 aliphatic rings. The van der Waals surface area contributed by atoms with Gasteiger partial charge >= 0.3 is 0 Å². The Balaban J connectivity index is 1.94. The first kappa shape index (κ1) is 13.3. The number of nitrogens with zero attached hydrogens (tertiary/aromatic N) is 2. The van der Waals surface area contributed by atoms with E-state index in [1.54, 1.807) is 12.2 Å². The van der Waals surface area contributed by atoms with Gasteiger partial charge in [-0.3, -0.25) is 4.79 Å². The van der Waals surface area contributed by atoms with Crippen LogP contribution in [0, 0.1) is 0 Å². The molecule has 0 radical (unpaired) electrons. The first-order chi connectivity index (χ1) is 10.3. The van der Waals surface area contributed by atoms with Crippen LogP contribution in [-0.4, -0.2) is 15.3 Å². The number of benzene rings is 2. The van der Waals surface area contributed by atoms with Crippen LogP contribution in [0.4, 0.5) is 0 Å². The normalized spacial score (nSPS) is 11.3. The van der Waals surface area contributed by atoms with Gasteiger partial charge < -0.3 is 4.57 Å². The van der Waals surface area contributed by atoms with Crippen LogP contribution in [0.25, 0.3) is 17.1 Å². The first-order valence-electron chi connectivity index (χ1n) is 7.02. The van der Waals surface area contributed by atoms with Crippen molar-refractivity contribution in [3.63, 3.8) is 0 Å². The molecule has 2 aromatic carbocycles. The minimum atomic E-state index is -0.00897. The summed E-state index contributed by atoms with van der Waals surface area (Å²) in [6.45, 7) is 2.89. The second kappa shape index (κ2) is 5.75. The largest absolute Gasteiger partial charge is 0.325 e. The number of fused-ring (bicyclic) bond motifs is 1. The smallest absolute Gasteiger partial charge is 0.185 e. The Labute approximate surface area is 123 Å². The number of ketones is 1. The van der Waals surface area contributed by atoms with E-state index in [-0.39, 0.29) is 5.78 Å². The molecule has 21 heavy (non-hydrogen) atoms. The Hall–Kier alpha value is -2.68. The molecule has 104 valence electrons. The lowest BCUT2D eigenvalue weighted by Gasteiger charge is -2.01. The molecule has 0 unspecified atom stereocenters. The molecule has 1 heterocycles. The van der Waals surface area contributed by atoms with Gasteiger partial charge in [0.05, 0.1) is 11.0 Å². The molecule has 3 heteroatoms. The lowest BCUT2D eigenvalue weighted by molar-refractivity contribution is 0.104. The minimum absolute atomic E-state index is 0.00897. The number of aryl methyl sites for hydroxylation is 1. The molecule has 3 aromatic rings. The van der Waals surface area contributed by atoms with Crippen molar-refractivity contribution in [2.45, 2.75) is 13.5 Å². The predicted molar refractivity (Wildman–Crippen MR) is 85.2 cm³/mol. The van der Waals surface area contributed by atoms with Crippen molar-refractivity contribution < 1.29 is 4.79 Å². The Morgan fingerprint density at radius 2 is 1.81 bits per heavy atom. The third-order valence-corrected chi connectivity index (χ3v) is 3.44. The molecule has 0 aliphatic carbocycles. The average molecular weight is 276 g/mol. The van der Waals surface area contributed by atoms with E-state index in [2.05, 4.69) is 16.5 Å². The summed E-state index contributed by atoms with van der Waals surface area (Å²) in [6.07, 6.45) is 3.38. The molecular formula is C18H16N2O. The molecule has 1 aromatic heterocycles. The van der Waals surface area contributed by atoms with Gasteiger partial charge in [-0.25, -0.2) is 4.98 Å². The number of hydrogen-bond acceptors (Lipinski definition) is 2. The van der Waals surface area contributed by atoms with Crippen LogP contribution in [0.15, 0.2) is 60.7 Å². The van der Waals surface area contributed by atoms with E-state index in [4.69, 9.17) is 0 Å². The van der Waals surface area contributed by atoms with E-state index in [9.17, 15) is 4.79 Å². The van der Waals surface area contributed by atoms with Crippen LogP contribution in [-0.2, 0) is 6.54 Å². The summed E-state index contributed by atoms with van der Waals surface area (Å²) in [6, 6.07) is 17.3. The number of carbonyl (C=O) groups excluding carboxylic acids is 1. The fourth-order valence-electron chi connectivity index (χ4n) is 2.40. The Morgan fingerprint density at radius 3 is 2.57 bits per heavy atom. The first-order valence-corrected chi connectivity index (χ1v) is 7.02. The Bertz CT molecular complexity index is 800. The van der Waals surface area contributed by atoms with E-state index >= 15 is 0 Å². The van der Waals surface area contributed by atoms with Crippen LogP contribution in [0.5, 0.6) is 0 Å². The van der Waals surface area contributed by atoms with E-state index in [0.29, 0.717) is 5.56 Å². The van der Waals surface area contributed by atoms with Gasteiger partial charge in [-0.15, -0.1) is 0 Å². The highest BCUT2D eigenvalue weighted by Gasteiger charge is 2.07. The standard InChI is InChI=1S/C18H16N2O/c1-2-20-16-11-7-6-10-15(16)19-18(20)13-12-17(21)14-8-4-3-5-9-14/h3-13H,2H2,1H3/b13-12+. The number of hydrogen-bond donors (Lipinski definition) is 0. The predicted octanol–water partition coefficient (Wildman–Crippen LogP) is 3.95. The van der Waals surface area contributed by atoms with E-state index in [1.165, 1.54) is 0 Å². The van der Waals surface area contributed by atoms with Gasteiger partial charge in [0.2, 0.25) is 0 Å². The van der Waals surface area contributed by atoms with E-state index < -0.39 is 0 Å². The second-order valence-corrected chi connectivity index (χ2v) is 4.77. The number of aromatic nitrogens is 2. The molecule has 0 saturated heterocycles. The summed E-state index contributed by atoms with van der Waals surface area (Å²) in [4.78, 5) is 16.7. The summed E-state index contributed by atoms with van der Waals surface area (Å²) >= 11 is 0. The molecule has 0 spiro atoms. The van der Waals surface area contributed by atoms with E-state index in [0.717, 1.165) is 23.4 Å². The molecule has 0 bridgehead atoms. The van der Waals surface area contributed by atoms with Crippen LogP contribution in [0.1, 0.15) is 23.1 Å². The van der Waals surface area contributed by atoms with Gasteiger partial charge in [-0.2, -0.15) is 0 Å². The molecule has 0 saturated carbocycles. The molecule has 0 fully saturated rings. The van der Waals surface area contributed by atoms with Gasteiger partial charge in [0.1, 0.15) is 5.82 Å². The molecule has 0 atom stereocenters. The topological polar surface area (TPSA) is 34.9 Å². The summed E-state index contributed by atoms with van der Waals surface area (Å²) < 4.78 is 2.10. The van der Waals surface area contributed by atoms with Crippen molar-refractivity contribution in [2.75, 3.05) is 0 Å². The third kappa shape index (κ3) is 2.63.